The van der Waals surface area contributed by atoms with Crippen molar-refractivity contribution in [3.63, 3.8) is 0 Å². The lowest BCUT2D eigenvalue weighted by Gasteiger charge is -2.36. The molecule has 0 N–H and O–H groups in total. The lowest BCUT2D eigenvalue weighted by atomic mass is 9.93. The van der Waals surface area contributed by atoms with E-state index in [2.05, 4.69) is 0 Å². The molecule has 1 fully saturated rings. The Morgan fingerprint density at radius 3 is 2.62 bits per heavy atom. The number of carbonyl (C=O) groups excluding carboxylic acids is 1. The normalized spacial score (nSPS) is 17.0. The average Bonchev–Trinajstić information content (AvgIpc) is 3.09. The van der Waals surface area contributed by atoms with Crippen LogP contribution in [0.1, 0.15) is 46.8 Å². The van der Waals surface area contributed by atoms with Gasteiger partial charge in [-0.3, -0.25) is 9.59 Å². The number of amides is 1. The Labute approximate surface area is 170 Å². The number of likely N-dealkylation sites (tertiary alicyclic amines) is 1. The highest BCUT2D eigenvalue weighted by molar-refractivity contribution is 6.07. The van der Waals surface area contributed by atoms with E-state index in [-0.39, 0.29) is 17.5 Å². The molecule has 29 heavy (non-hydrogen) atoms. The number of carbonyl (C=O) groups is 1. The Morgan fingerprint density at radius 1 is 1.10 bits per heavy atom. The Morgan fingerprint density at radius 2 is 1.86 bits per heavy atom. The van der Waals surface area contributed by atoms with Gasteiger partial charge in [-0.05, 0) is 37.8 Å². The molecule has 2 aromatic heterocycles. The van der Waals surface area contributed by atoms with Gasteiger partial charge in [0.15, 0.2) is 0 Å². The monoisotopic (exact) mass is 393 g/mol. The number of rotatable bonds is 3. The molecule has 0 aliphatic carbocycles. The number of methoxy groups -OCH3 is 1. The number of aromatic nitrogens is 2. The van der Waals surface area contributed by atoms with E-state index in [9.17, 15) is 9.59 Å². The summed E-state index contributed by atoms with van der Waals surface area (Å²) in [5.41, 5.74) is 3.16. The number of benzene rings is 1. The Balaban J connectivity index is 1.84. The van der Waals surface area contributed by atoms with E-state index >= 15 is 0 Å². The van der Waals surface area contributed by atoms with Gasteiger partial charge in [-0.15, -0.1) is 0 Å². The first-order valence-corrected chi connectivity index (χ1v) is 10.0. The standard InChI is InChI=1S/C23H27N3O3/c1-15-13-25(3)23(28)20-17(14-24(2)21(15)20)22(27)26-12-8-7-10-18(26)16-9-5-6-11-19(16)29-4/h5-6,9,11,13-14,18H,7-8,10,12H2,1-4H3. The minimum atomic E-state index is -0.139. The van der Waals surface area contributed by atoms with Crippen molar-refractivity contribution in [1.29, 1.82) is 0 Å². The zero-order valence-corrected chi connectivity index (χ0v) is 17.4. The summed E-state index contributed by atoms with van der Waals surface area (Å²) >= 11 is 0. The third kappa shape index (κ3) is 3.12. The van der Waals surface area contributed by atoms with Gasteiger partial charge in [0, 0.05) is 38.6 Å². The number of pyridine rings is 1. The van der Waals surface area contributed by atoms with Crippen LogP contribution in [-0.4, -0.2) is 33.6 Å². The van der Waals surface area contributed by atoms with Gasteiger partial charge in [0.2, 0.25) is 0 Å². The van der Waals surface area contributed by atoms with E-state index in [0.29, 0.717) is 17.5 Å². The summed E-state index contributed by atoms with van der Waals surface area (Å²) in [6, 6.07) is 7.82. The van der Waals surface area contributed by atoms with Gasteiger partial charge >= 0.3 is 0 Å². The topological polar surface area (TPSA) is 56.5 Å². The molecule has 1 atom stereocenters. The fourth-order valence-corrected chi connectivity index (χ4v) is 4.66. The van der Waals surface area contributed by atoms with Gasteiger partial charge in [-0.1, -0.05) is 18.2 Å². The lowest BCUT2D eigenvalue weighted by Crippen LogP contribution is -2.39. The highest BCUT2D eigenvalue weighted by atomic mass is 16.5. The first-order chi connectivity index (χ1) is 13.9. The molecule has 6 nitrogen and oxygen atoms in total. The van der Waals surface area contributed by atoms with Crippen molar-refractivity contribution in [3.05, 3.63) is 63.7 Å². The fraction of sp³-hybridized carbons (Fsp3) is 0.391. The minimum absolute atomic E-state index is 0.0590. The molecule has 4 rings (SSSR count). The molecule has 152 valence electrons. The number of hydrogen-bond donors (Lipinski definition) is 0. The number of ether oxygens (including phenoxy) is 1. The first kappa shape index (κ1) is 19.3. The van der Waals surface area contributed by atoms with Crippen LogP contribution in [0.15, 0.2) is 41.5 Å². The summed E-state index contributed by atoms with van der Waals surface area (Å²) in [5.74, 6) is 0.704. The first-order valence-electron chi connectivity index (χ1n) is 10.0. The van der Waals surface area contributed by atoms with Crippen molar-refractivity contribution in [2.24, 2.45) is 14.1 Å². The third-order valence-corrected chi connectivity index (χ3v) is 5.97. The van der Waals surface area contributed by atoms with Crippen LogP contribution < -0.4 is 10.3 Å². The Bertz CT molecular complexity index is 1140. The zero-order valence-electron chi connectivity index (χ0n) is 17.4. The number of piperidine rings is 1. The summed E-state index contributed by atoms with van der Waals surface area (Å²) in [4.78, 5) is 28.5. The molecule has 1 unspecified atom stereocenters. The second-order valence-corrected chi connectivity index (χ2v) is 7.86. The summed E-state index contributed by atoms with van der Waals surface area (Å²) in [6.07, 6.45) is 6.52. The summed E-state index contributed by atoms with van der Waals surface area (Å²) in [5, 5.41) is 0.504. The average molecular weight is 393 g/mol. The SMILES string of the molecule is COc1ccccc1C1CCCCN1C(=O)c1cn(C)c2c(C)cn(C)c(=O)c12. The number of para-hydroxylation sites is 1. The van der Waals surface area contributed by atoms with E-state index in [1.54, 1.807) is 24.9 Å². The second-order valence-electron chi connectivity index (χ2n) is 7.86. The van der Waals surface area contributed by atoms with Gasteiger partial charge < -0.3 is 18.8 Å². The molecule has 1 saturated heterocycles. The van der Waals surface area contributed by atoms with Crippen molar-refractivity contribution in [1.82, 2.24) is 14.0 Å². The third-order valence-electron chi connectivity index (χ3n) is 5.97. The molecular weight excluding hydrogens is 366 g/mol. The number of nitrogens with zero attached hydrogens (tertiary/aromatic N) is 3. The number of hydrogen-bond acceptors (Lipinski definition) is 3. The highest BCUT2D eigenvalue weighted by Crippen LogP contribution is 2.37. The Hall–Kier alpha value is -3.02. The highest BCUT2D eigenvalue weighted by Gasteiger charge is 2.32. The molecule has 1 aromatic carbocycles. The van der Waals surface area contributed by atoms with E-state index in [0.717, 1.165) is 41.7 Å². The van der Waals surface area contributed by atoms with E-state index in [4.69, 9.17) is 4.74 Å². The molecule has 3 heterocycles. The lowest BCUT2D eigenvalue weighted by molar-refractivity contribution is 0.0610. The van der Waals surface area contributed by atoms with E-state index in [1.165, 1.54) is 0 Å². The quantitative estimate of drug-likeness (QED) is 0.684. The van der Waals surface area contributed by atoms with Crippen LogP contribution in [0.3, 0.4) is 0 Å². The van der Waals surface area contributed by atoms with Gasteiger partial charge in [0.05, 0.1) is 29.6 Å². The second kappa shape index (κ2) is 7.43. The predicted octanol–water partition coefficient (Wildman–Crippen LogP) is 3.56. The van der Waals surface area contributed by atoms with Crippen molar-refractivity contribution in [3.8, 4) is 5.75 Å². The van der Waals surface area contributed by atoms with E-state index < -0.39 is 0 Å². The van der Waals surface area contributed by atoms with Crippen LogP contribution in [-0.2, 0) is 14.1 Å². The molecule has 6 heteroatoms. The van der Waals surface area contributed by atoms with Crippen LogP contribution in [0.4, 0.5) is 0 Å². The molecule has 0 spiro atoms. The summed E-state index contributed by atoms with van der Waals surface area (Å²) < 4.78 is 9.01. The predicted molar refractivity (Wildman–Crippen MR) is 114 cm³/mol. The molecule has 0 saturated carbocycles. The van der Waals surface area contributed by atoms with Crippen molar-refractivity contribution in [2.45, 2.75) is 32.2 Å². The van der Waals surface area contributed by atoms with Crippen LogP contribution in [0.2, 0.25) is 0 Å². The smallest absolute Gasteiger partial charge is 0.260 e. The number of aryl methyl sites for hydroxylation is 3. The summed E-state index contributed by atoms with van der Waals surface area (Å²) in [6.45, 7) is 2.64. The van der Waals surface area contributed by atoms with Crippen LogP contribution >= 0.6 is 0 Å². The van der Waals surface area contributed by atoms with Crippen molar-refractivity contribution < 1.29 is 9.53 Å². The van der Waals surface area contributed by atoms with Crippen LogP contribution in [0.5, 0.6) is 5.75 Å². The van der Waals surface area contributed by atoms with Gasteiger partial charge in [0.1, 0.15) is 5.75 Å². The van der Waals surface area contributed by atoms with Crippen molar-refractivity contribution >= 4 is 16.8 Å². The fourth-order valence-electron chi connectivity index (χ4n) is 4.66. The van der Waals surface area contributed by atoms with E-state index in [1.807, 2.05) is 53.9 Å². The van der Waals surface area contributed by atoms with Crippen LogP contribution in [0.25, 0.3) is 10.9 Å². The molecule has 3 aromatic rings. The van der Waals surface area contributed by atoms with Gasteiger partial charge in [0.25, 0.3) is 11.5 Å². The number of fused-ring (bicyclic) bond motifs is 1. The maximum absolute atomic E-state index is 13.7. The van der Waals surface area contributed by atoms with Crippen LogP contribution in [0, 0.1) is 6.92 Å². The molecular formula is C23H27N3O3. The maximum atomic E-state index is 13.7. The van der Waals surface area contributed by atoms with Gasteiger partial charge in [-0.2, -0.15) is 0 Å². The maximum Gasteiger partial charge on any atom is 0.260 e. The molecule has 0 radical (unpaired) electrons. The minimum Gasteiger partial charge on any atom is -0.496 e. The molecule has 1 aliphatic heterocycles. The molecule has 0 bridgehead atoms. The molecule has 1 aliphatic rings. The zero-order chi connectivity index (χ0) is 20.7. The van der Waals surface area contributed by atoms with Gasteiger partial charge in [-0.25, -0.2) is 0 Å². The molecule has 1 amide bonds. The van der Waals surface area contributed by atoms with Crippen molar-refractivity contribution in [2.75, 3.05) is 13.7 Å². The summed E-state index contributed by atoms with van der Waals surface area (Å²) in [7, 11) is 5.28. The largest absolute Gasteiger partial charge is 0.496 e. The Kier molecular flexibility index (Phi) is 4.94.